The minimum Gasteiger partial charge on any atom is -0.310 e. The summed E-state index contributed by atoms with van der Waals surface area (Å²) in [6.45, 7) is 11.7. The molecule has 1 atom stereocenters. The lowest BCUT2D eigenvalue weighted by Crippen LogP contribution is -2.37. The molecular weight excluding hydrogens is 256 g/mol. The highest BCUT2D eigenvalue weighted by molar-refractivity contribution is 5.25. The van der Waals surface area contributed by atoms with Crippen molar-refractivity contribution >= 4 is 0 Å². The summed E-state index contributed by atoms with van der Waals surface area (Å²) in [5.41, 5.74) is 2.88. The van der Waals surface area contributed by atoms with Crippen molar-refractivity contribution < 1.29 is 0 Å². The molecule has 0 spiro atoms. The number of nitrogens with one attached hydrogen (secondary N) is 1. The fourth-order valence-corrected chi connectivity index (χ4v) is 3.30. The van der Waals surface area contributed by atoms with Crippen molar-refractivity contribution in [3.63, 3.8) is 0 Å². The van der Waals surface area contributed by atoms with Gasteiger partial charge in [-0.05, 0) is 68.9 Å². The van der Waals surface area contributed by atoms with Gasteiger partial charge in [0.25, 0.3) is 0 Å². The van der Waals surface area contributed by atoms with Crippen LogP contribution < -0.4 is 5.32 Å². The number of benzene rings is 1. The molecule has 0 bridgehead atoms. The van der Waals surface area contributed by atoms with Gasteiger partial charge in [-0.15, -0.1) is 0 Å². The molecule has 2 nitrogen and oxygen atoms in total. The molecule has 0 aromatic heterocycles. The number of nitrogens with zero attached hydrogens (tertiary/aromatic N) is 1. The van der Waals surface area contributed by atoms with Crippen LogP contribution in [0.3, 0.4) is 0 Å². The van der Waals surface area contributed by atoms with E-state index in [1.54, 1.807) is 0 Å². The molecule has 0 saturated carbocycles. The molecule has 1 aliphatic heterocycles. The minimum atomic E-state index is 0.514. The molecule has 1 saturated heterocycles. The van der Waals surface area contributed by atoms with Crippen LogP contribution in [0.15, 0.2) is 24.3 Å². The Balaban J connectivity index is 1.82. The second-order valence-electron chi connectivity index (χ2n) is 6.34. The minimum absolute atomic E-state index is 0.514. The molecule has 1 unspecified atom stereocenters. The second-order valence-corrected chi connectivity index (χ2v) is 6.34. The molecule has 2 rings (SSSR count). The summed E-state index contributed by atoms with van der Waals surface area (Å²) in [6, 6.07) is 9.68. The maximum Gasteiger partial charge on any atom is 0.0317 e. The monoisotopic (exact) mass is 288 g/mol. The SMILES string of the molecule is CCc1ccc(C(CC)NCC2CCN(CC)CC2)cc1. The van der Waals surface area contributed by atoms with E-state index >= 15 is 0 Å². The van der Waals surface area contributed by atoms with E-state index in [1.807, 2.05) is 0 Å². The summed E-state index contributed by atoms with van der Waals surface area (Å²) in [5.74, 6) is 0.858. The van der Waals surface area contributed by atoms with Crippen LogP contribution in [0.25, 0.3) is 0 Å². The van der Waals surface area contributed by atoms with E-state index in [0.717, 1.165) is 12.3 Å². The van der Waals surface area contributed by atoms with Gasteiger partial charge >= 0.3 is 0 Å². The van der Waals surface area contributed by atoms with E-state index < -0.39 is 0 Å². The highest BCUT2D eigenvalue weighted by Crippen LogP contribution is 2.21. The zero-order valence-corrected chi connectivity index (χ0v) is 14.1. The number of hydrogen-bond acceptors (Lipinski definition) is 2. The maximum absolute atomic E-state index is 3.81. The molecule has 1 heterocycles. The summed E-state index contributed by atoms with van der Waals surface area (Å²) >= 11 is 0. The average molecular weight is 288 g/mol. The summed E-state index contributed by atoms with van der Waals surface area (Å²) in [4.78, 5) is 2.57. The van der Waals surface area contributed by atoms with Gasteiger partial charge in [0.15, 0.2) is 0 Å². The number of rotatable bonds is 7. The highest BCUT2D eigenvalue weighted by atomic mass is 15.1. The first-order chi connectivity index (χ1) is 10.3. The van der Waals surface area contributed by atoms with Gasteiger partial charge in [0.05, 0.1) is 0 Å². The predicted molar refractivity (Wildman–Crippen MR) is 91.7 cm³/mol. The molecule has 118 valence electrons. The summed E-state index contributed by atoms with van der Waals surface area (Å²) in [7, 11) is 0. The Kier molecular flexibility index (Phi) is 6.72. The molecule has 1 fully saturated rings. The Morgan fingerprint density at radius 3 is 2.29 bits per heavy atom. The maximum atomic E-state index is 3.81. The molecule has 0 aliphatic carbocycles. The van der Waals surface area contributed by atoms with Gasteiger partial charge in [-0.3, -0.25) is 0 Å². The molecule has 1 aromatic rings. The van der Waals surface area contributed by atoms with Gasteiger partial charge in [0, 0.05) is 6.04 Å². The lowest BCUT2D eigenvalue weighted by atomic mass is 9.95. The molecule has 0 amide bonds. The quantitative estimate of drug-likeness (QED) is 0.815. The zero-order chi connectivity index (χ0) is 15.1. The van der Waals surface area contributed by atoms with E-state index in [2.05, 4.69) is 55.3 Å². The molecule has 2 heteroatoms. The van der Waals surface area contributed by atoms with Crippen LogP contribution in [0.5, 0.6) is 0 Å². The number of aryl methyl sites for hydroxylation is 1. The standard InChI is InChI=1S/C19H32N2/c1-4-16-7-9-18(10-8-16)19(5-2)20-15-17-11-13-21(6-3)14-12-17/h7-10,17,19-20H,4-6,11-15H2,1-3H3. The third-order valence-electron chi connectivity index (χ3n) is 5.01. The third kappa shape index (κ3) is 4.82. The van der Waals surface area contributed by atoms with Gasteiger partial charge in [-0.25, -0.2) is 0 Å². The Morgan fingerprint density at radius 1 is 1.10 bits per heavy atom. The van der Waals surface area contributed by atoms with Crippen molar-refractivity contribution in [1.82, 2.24) is 10.2 Å². The average Bonchev–Trinajstić information content (AvgIpc) is 2.56. The summed E-state index contributed by atoms with van der Waals surface area (Å²) in [5, 5.41) is 3.81. The van der Waals surface area contributed by atoms with Crippen molar-refractivity contribution in [3.05, 3.63) is 35.4 Å². The first-order valence-electron chi connectivity index (χ1n) is 8.81. The van der Waals surface area contributed by atoms with Crippen molar-refractivity contribution in [2.75, 3.05) is 26.2 Å². The normalized spacial score (nSPS) is 18.8. The lowest BCUT2D eigenvalue weighted by Gasteiger charge is -2.32. The van der Waals surface area contributed by atoms with Gasteiger partial charge < -0.3 is 10.2 Å². The number of likely N-dealkylation sites (tertiary alicyclic amines) is 1. The fourth-order valence-electron chi connectivity index (χ4n) is 3.30. The molecular formula is C19H32N2. The van der Waals surface area contributed by atoms with Crippen LogP contribution in [0.4, 0.5) is 0 Å². The van der Waals surface area contributed by atoms with E-state index in [0.29, 0.717) is 6.04 Å². The molecule has 1 aliphatic rings. The van der Waals surface area contributed by atoms with Gasteiger partial charge in [-0.1, -0.05) is 45.0 Å². The molecule has 0 radical (unpaired) electrons. The Bertz CT molecular complexity index is 391. The Labute approximate surface area is 130 Å². The summed E-state index contributed by atoms with van der Waals surface area (Å²) < 4.78 is 0. The summed E-state index contributed by atoms with van der Waals surface area (Å²) in [6.07, 6.45) is 5.00. The van der Waals surface area contributed by atoms with Crippen molar-refractivity contribution in [2.24, 2.45) is 5.92 Å². The molecule has 1 aromatic carbocycles. The molecule has 21 heavy (non-hydrogen) atoms. The van der Waals surface area contributed by atoms with Crippen molar-refractivity contribution in [1.29, 1.82) is 0 Å². The van der Waals surface area contributed by atoms with Crippen LogP contribution in [-0.4, -0.2) is 31.1 Å². The third-order valence-corrected chi connectivity index (χ3v) is 5.01. The van der Waals surface area contributed by atoms with Crippen molar-refractivity contribution in [3.8, 4) is 0 Å². The van der Waals surface area contributed by atoms with E-state index in [-0.39, 0.29) is 0 Å². The smallest absolute Gasteiger partial charge is 0.0317 e. The van der Waals surface area contributed by atoms with E-state index in [1.165, 1.54) is 56.6 Å². The van der Waals surface area contributed by atoms with Crippen LogP contribution >= 0.6 is 0 Å². The predicted octanol–water partition coefficient (Wildman–Crippen LogP) is 4.02. The zero-order valence-electron chi connectivity index (χ0n) is 14.1. The van der Waals surface area contributed by atoms with Crippen LogP contribution in [0.1, 0.15) is 57.2 Å². The topological polar surface area (TPSA) is 15.3 Å². The van der Waals surface area contributed by atoms with Crippen LogP contribution in [0.2, 0.25) is 0 Å². The largest absolute Gasteiger partial charge is 0.310 e. The Hall–Kier alpha value is -0.860. The Morgan fingerprint density at radius 2 is 1.76 bits per heavy atom. The lowest BCUT2D eigenvalue weighted by molar-refractivity contribution is 0.187. The van der Waals surface area contributed by atoms with Crippen LogP contribution in [-0.2, 0) is 6.42 Å². The van der Waals surface area contributed by atoms with Crippen LogP contribution in [0, 0.1) is 5.92 Å². The first-order valence-corrected chi connectivity index (χ1v) is 8.81. The van der Waals surface area contributed by atoms with E-state index in [9.17, 15) is 0 Å². The molecule has 1 N–H and O–H groups in total. The highest BCUT2D eigenvalue weighted by Gasteiger charge is 2.19. The van der Waals surface area contributed by atoms with E-state index in [4.69, 9.17) is 0 Å². The van der Waals surface area contributed by atoms with Gasteiger partial charge in [0.2, 0.25) is 0 Å². The van der Waals surface area contributed by atoms with Gasteiger partial charge in [-0.2, -0.15) is 0 Å². The number of piperidine rings is 1. The number of hydrogen-bond donors (Lipinski definition) is 1. The fraction of sp³-hybridized carbons (Fsp3) is 0.684. The van der Waals surface area contributed by atoms with Crippen molar-refractivity contribution in [2.45, 2.75) is 52.5 Å². The second kappa shape index (κ2) is 8.55. The first kappa shape index (κ1) is 16.5. The van der Waals surface area contributed by atoms with Gasteiger partial charge in [0.1, 0.15) is 0 Å².